The van der Waals surface area contributed by atoms with Gasteiger partial charge in [0.15, 0.2) is 5.78 Å². The monoisotopic (exact) mass is 371 g/mol. The Hall–Kier alpha value is -2.53. The van der Waals surface area contributed by atoms with Crippen molar-refractivity contribution < 1.29 is 18.7 Å². The fourth-order valence-electron chi connectivity index (χ4n) is 3.52. The minimum absolute atomic E-state index is 0.0474. The topological polar surface area (TPSA) is 59.8 Å². The average molecular weight is 372 g/mol. The summed E-state index contributed by atoms with van der Waals surface area (Å²) in [4.78, 5) is 26.6. The maximum atomic E-state index is 12.5. The molecule has 134 valence electrons. The van der Waals surface area contributed by atoms with Gasteiger partial charge in [-0.05, 0) is 36.4 Å². The predicted molar refractivity (Wildman–Crippen MR) is 97.3 cm³/mol. The Balaban J connectivity index is 1.42. The normalized spacial score (nSPS) is 18.8. The molecule has 3 heterocycles. The van der Waals surface area contributed by atoms with Gasteiger partial charge in [0.2, 0.25) is 5.91 Å². The number of fused-ring (bicyclic) bond motifs is 1. The molecule has 2 aliphatic heterocycles. The summed E-state index contributed by atoms with van der Waals surface area (Å²) in [6.07, 6.45) is 6.32. The summed E-state index contributed by atoms with van der Waals surface area (Å²) in [6.45, 7) is 1.11. The van der Waals surface area contributed by atoms with Crippen molar-refractivity contribution in [1.82, 2.24) is 4.90 Å². The number of rotatable bonds is 2. The van der Waals surface area contributed by atoms with E-state index in [0.29, 0.717) is 54.4 Å². The zero-order chi connectivity index (χ0) is 18.1. The molecule has 1 spiro atoms. The molecule has 0 bridgehead atoms. The summed E-state index contributed by atoms with van der Waals surface area (Å²) in [7, 11) is 0. The SMILES string of the molecule is O=C1CC2(CCN(C(=O)/C=C/c3ccco3)CC2)Oc2ccc(Cl)cc21. The molecule has 0 radical (unpaired) electrons. The third-order valence-corrected chi connectivity index (χ3v) is 5.21. The van der Waals surface area contributed by atoms with E-state index in [1.807, 2.05) is 0 Å². The van der Waals surface area contributed by atoms with Crippen molar-refractivity contribution in [2.75, 3.05) is 13.1 Å². The van der Waals surface area contributed by atoms with E-state index < -0.39 is 5.60 Å². The number of carbonyl (C=O) groups excluding carboxylic acids is 2. The Bertz CT molecular complexity index is 864. The summed E-state index contributed by atoms with van der Waals surface area (Å²) in [5.74, 6) is 1.21. The van der Waals surface area contributed by atoms with Crippen molar-refractivity contribution in [3.8, 4) is 5.75 Å². The van der Waals surface area contributed by atoms with Crippen LogP contribution in [0, 0.1) is 0 Å². The van der Waals surface area contributed by atoms with E-state index in [-0.39, 0.29) is 11.7 Å². The molecule has 0 unspecified atom stereocenters. The maximum Gasteiger partial charge on any atom is 0.246 e. The molecule has 6 heteroatoms. The van der Waals surface area contributed by atoms with Crippen LogP contribution >= 0.6 is 11.6 Å². The number of carbonyl (C=O) groups is 2. The molecule has 1 aromatic heterocycles. The number of ether oxygens (including phenoxy) is 1. The van der Waals surface area contributed by atoms with E-state index in [2.05, 4.69) is 0 Å². The van der Waals surface area contributed by atoms with Crippen LogP contribution < -0.4 is 4.74 Å². The Morgan fingerprint density at radius 1 is 1.23 bits per heavy atom. The molecular weight excluding hydrogens is 354 g/mol. The minimum Gasteiger partial charge on any atom is -0.486 e. The number of nitrogens with zero attached hydrogens (tertiary/aromatic N) is 1. The molecule has 4 rings (SSSR count). The summed E-state index contributed by atoms with van der Waals surface area (Å²) in [6, 6.07) is 8.70. The molecule has 0 saturated carbocycles. The van der Waals surface area contributed by atoms with E-state index in [4.69, 9.17) is 20.8 Å². The Labute approximate surface area is 156 Å². The van der Waals surface area contributed by atoms with Crippen LogP contribution in [0.3, 0.4) is 0 Å². The molecule has 1 saturated heterocycles. The lowest BCUT2D eigenvalue weighted by molar-refractivity contribution is -0.129. The van der Waals surface area contributed by atoms with Crippen LogP contribution in [0.25, 0.3) is 6.08 Å². The van der Waals surface area contributed by atoms with E-state index in [0.717, 1.165) is 0 Å². The Morgan fingerprint density at radius 2 is 2.04 bits per heavy atom. The zero-order valence-electron chi connectivity index (χ0n) is 14.1. The average Bonchev–Trinajstić information content (AvgIpc) is 3.15. The summed E-state index contributed by atoms with van der Waals surface area (Å²) in [5, 5.41) is 0.528. The summed E-state index contributed by atoms with van der Waals surface area (Å²) < 4.78 is 11.4. The second kappa shape index (κ2) is 6.65. The van der Waals surface area contributed by atoms with Crippen LogP contribution in [0.5, 0.6) is 5.75 Å². The maximum absolute atomic E-state index is 12.5. The van der Waals surface area contributed by atoms with Gasteiger partial charge in [-0.1, -0.05) is 11.6 Å². The second-order valence-corrected chi connectivity index (χ2v) is 7.14. The molecule has 0 atom stereocenters. The number of halogens is 1. The first-order chi connectivity index (χ1) is 12.5. The van der Waals surface area contributed by atoms with E-state index in [1.54, 1.807) is 47.6 Å². The lowest BCUT2D eigenvalue weighted by atomic mass is 9.82. The van der Waals surface area contributed by atoms with E-state index in [9.17, 15) is 9.59 Å². The largest absolute Gasteiger partial charge is 0.486 e. The summed E-state index contributed by atoms with van der Waals surface area (Å²) >= 11 is 5.97. The van der Waals surface area contributed by atoms with Gasteiger partial charge in [-0.3, -0.25) is 9.59 Å². The van der Waals surface area contributed by atoms with Gasteiger partial charge in [-0.15, -0.1) is 0 Å². The van der Waals surface area contributed by atoms with Gasteiger partial charge in [0.05, 0.1) is 18.2 Å². The zero-order valence-corrected chi connectivity index (χ0v) is 14.9. The quantitative estimate of drug-likeness (QED) is 0.749. The van der Waals surface area contributed by atoms with Crippen molar-refractivity contribution >= 4 is 29.4 Å². The molecule has 2 aliphatic rings. The molecule has 0 aliphatic carbocycles. The first-order valence-electron chi connectivity index (χ1n) is 8.57. The highest BCUT2D eigenvalue weighted by Gasteiger charge is 2.43. The van der Waals surface area contributed by atoms with Crippen LogP contribution in [0.15, 0.2) is 47.1 Å². The van der Waals surface area contributed by atoms with Gasteiger partial charge in [0.25, 0.3) is 0 Å². The number of furan rings is 1. The molecule has 1 fully saturated rings. The van der Waals surface area contributed by atoms with Crippen LogP contribution in [0.2, 0.25) is 5.02 Å². The molecule has 0 N–H and O–H groups in total. The highest BCUT2D eigenvalue weighted by molar-refractivity contribution is 6.31. The van der Waals surface area contributed by atoms with Gasteiger partial charge < -0.3 is 14.1 Å². The van der Waals surface area contributed by atoms with Crippen molar-refractivity contribution in [2.24, 2.45) is 0 Å². The number of hydrogen-bond donors (Lipinski definition) is 0. The molecule has 5 nitrogen and oxygen atoms in total. The second-order valence-electron chi connectivity index (χ2n) is 6.70. The number of benzene rings is 1. The van der Waals surface area contributed by atoms with Crippen molar-refractivity contribution in [3.63, 3.8) is 0 Å². The Kier molecular flexibility index (Phi) is 4.32. The molecule has 26 heavy (non-hydrogen) atoms. The fourth-order valence-corrected chi connectivity index (χ4v) is 3.70. The van der Waals surface area contributed by atoms with Crippen LogP contribution in [-0.4, -0.2) is 35.3 Å². The first-order valence-corrected chi connectivity index (χ1v) is 8.95. The van der Waals surface area contributed by atoms with Gasteiger partial charge in [-0.25, -0.2) is 0 Å². The number of Topliss-reactive ketones (excluding diaryl/α,β-unsaturated/α-hetero) is 1. The van der Waals surface area contributed by atoms with Gasteiger partial charge >= 0.3 is 0 Å². The lowest BCUT2D eigenvalue weighted by Gasteiger charge is -2.43. The third-order valence-electron chi connectivity index (χ3n) is 4.97. The van der Waals surface area contributed by atoms with Crippen LogP contribution in [-0.2, 0) is 4.79 Å². The van der Waals surface area contributed by atoms with Crippen molar-refractivity contribution in [3.05, 3.63) is 59.0 Å². The van der Waals surface area contributed by atoms with Crippen LogP contribution in [0.4, 0.5) is 0 Å². The Morgan fingerprint density at radius 3 is 2.77 bits per heavy atom. The van der Waals surface area contributed by atoms with Crippen molar-refractivity contribution in [2.45, 2.75) is 24.9 Å². The minimum atomic E-state index is -0.528. The number of amides is 1. The smallest absolute Gasteiger partial charge is 0.246 e. The first kappa shape index (κ1) is 16.9. The predicted octanol–water partition coefficient (Wildman–Crippen LogP) is 3.97. The number of hydrogen-bond acceptors (Lipinski definition) is 4. The third kappa shape index (κ3) is 3.27. The highest BCUT2D eigenvalue weighted by atomic mass is 35.5. The van der Waals surface area contributed by atoms with E-state index in [1.165, 1.54) is 6.08 Å². The molecule has 1 aromatic carbocycles. The highest BCUT2D eigenvalue weighted by Crippen LogP contribution is 2.40. The van der Waals surface area contributed by atoms with Gasteiger partial charge in [0, 0.05) is 37.0 Å². The molecule has 2 aromatic rings. The van der Waals surface area contributed by atoms with Gasteiger partial charge in [0.1, 0.15) is 17.1 Å². The number of piperidine rings is 1. The fraction of sp³-hybridized carbons (Fsp3) is 0.300. The number of likely N-dealkylation sites (tertiary alicyclic amines) is 1. The molecule has 1 amide bonds. The standard InChI is InChI=1S/C20H18ClNO4/c21-14-3-5-18-16(12-14)17(23)13-20(26-18)7-9-22(10-8-20)19(24)6-4-15-2-1-11-25-15/h1-6,11-12H,7-10,13H2/b6-4+. The van der Waals surface area contributed by atoms with Crippen molar-refractivity contribution in [1.29, 1.82) is 0 Å². The van der Waals surface area contributed by atoms with Crippen LogP contribution in [0.1, 0.15) is 35.4 Å². The number of ketones is 1. The molecular formula is C20H18ClNO4. The summed E-state index contributed by atoms with van der Waals surface area (Å²) in [5.41, 5.74) is 0.0161. The van der Waals surface area contributed by atoms with E-state index >= 15 is 0 Å². The lowest BCUT2D eigenvalue weighted by Crippen LogP contribution is -2.52. The van der Waals surface area contributed by atoms with Gasteiger partial charge in [-0.2, -0.15) is 0 Å².